The molecule has 4 aromatic heterocycles. The van der Waals surface area contributed by atoms with Crippen molar-refractivity contribution in [1.82, 2.24) is 25.1 Å². The van der Waals surface area contributed by atoms with E-state index in [4.69, 9.17) is 8.83 Å². The van der Waals surface area contributed by atoms with Crippen LogP contribution in [0.1, 0.15) is 29.7 Å². The van der Waals surface area contributed by atoms with E-state index < -0.39 is 0 Å². The Bertz CT molecular complexity index is 1350. The number of aromatic nitrogens is 4. The Morgan fingerprint density at radius 3 is 2.94 bits per heavy atom. The Labute approximate surface area is 187 Å². The maximum atomic E-state index is 12.6. The maximum Gasteiger partial charge on any atom is 0.283 e. The molecule has 9 heteroatoms. The smallest absolute Gasteiger partial charge is 0.283 e. The molecule has 0 bridgehead atoms. The zero-order chi connectivity index (χ0) is 21.9. The monoisotopic (exact) mass is 447 g/mol. The van der Waals surface area contributed by atoms with Crippen LogP contribution in [0.15, 0.2) is 62.9 Å². The number of fused-ring (bicyclic) bond motifs is 1. The van der Waals surface area contributed by atoms with Gasteiger partial charge in [0.25, 0.3) is 11.8 Å². The van der Waals surface area contributed by atoms with Crippen molar-refractivity contribution in [2.24, 2.45) is 0 Å². The molecule has 0 unspecified atom stereocenters. The Hall–Kier alpha value is -3.72. The minimum atomic E-state index is -0.226. The Morgan fingerprint density at radius 1 is 1.19 bits per heavy atom. The van der Waals surface area contributed by atoms with Gasteiger partial charge in [-0.1, -0.05) is 25.1 Å². The number of hydrogen-bond acceptors (Lipinski definition) is 7. The molecule has 5 rings (SSSR count). The zero-order valence-corrected chi connectivity index (χ0v) is 18.3. The molecule has 0 saturated carbocycles. The lowest BCUT2D eigenvalue weighted by Crippen LogP contribution is -2.26. The average Bonchev–Trinajstić information content (AvgIpc) is 3.60. The van der Waals surface area contributed by atoms with Gasteiger partial charge in [-0.15, -0.1) is 21.5 Å². The van der Waals surface area contributed by atoms with E-state index in [0.717, 1.165) is 23.7 Å². The zero-order valence-electron chi connectivity index (χ0n) is 17.4. The second-order valence-corrected chi connectivity index (χ2v) is 8.12. The number of thiazole rings is 1. The molecule has 0 spiro atoms. The van der Waals surface area contributed by atoms with Crippen LogP contribution in [0, 0.1) is 0 Å². The molecule has 0 saturated heterocycles. The Kier molecular flexibility index (Phi) is 5.55. The third kappa shape index (κ3) is 3.94. The summed E-state index contributed by atoms with van der Waals surface area (Å²) in [6, 6.07) is 13.9. The Balaban J connectivity index is 1.25. The fourth-order valence-electron chi connectivity index (χ4n) is 3.58. The van der Waals surface area contributed by atoms with Crippen molar-refractivity contribution in [2.75, 3.05) is 6.54 Å². The number of nitrogens with one attached hydrogen (secondary N) is 1. The first-order valence-electron chi connectivity index (χ1n) is 10.4. The van der Waals surface area contributed by atoms with Gasteiger partial charge in [-0.3, -0.25) is 4.79 Å². The van der Waals surface area contributed by atoms with Crippen LogP contribution in [0.4, 0.5) is 0 Å². The van der Waals surface area contributed by atoms with Crippen molar-refractivity contribution in [3.63, 3.8) is 0 Å². The SMILES string of the molecule is CCCn1c(-c2nc(C(=O)NCCc3nnc(-c4ccco4)o3)cs2)cc2ccccc21. The maximum absolute atomic E-state index is 12.6. The van der Waals surface area contributed by atoms with Gasteiger partial charge in [0.1, 0.15) is 10.7 Å². The van der Waals surface area contributed by atoms with E-state index in [9.17, 15) is 4.79 Å². The van der Waals surface area contributed by atoms with Gasteiger partial charge in [-0.05, 0) is 30.7 Å². The van der Waals surface area contributed by atoms with Gasteiger partial charge in [0, 0.05) is 35.8 Å². The summed E-state index contributed by atoms with van der Waals surface area (Å²) in [6.07, 6.45) is 2.98. The largest absolute Gasteiger partial charge is 0.459 e. The van der Waals surface area contributed by atoms with Crippen LogP contribution in [0.2, 0.25) is 0 Å². The fraction of sp³-hybridized carbons (Fsp3) is 0.217. The Morgan fingerprint density at radius 2 is 2.09 bits per heavy atom. The topological polar surface area (TPSA) is 99.0 Å². The van der Waals surface area contributed by atoms with Crippen molar-refractivity contribution in [3.8, 4) is 22.4 Å². The third-order valence-electron chi connectivity index (χ3n) is 5.04. The van der Waals surface area contributed by atoms with Crippen LogP contribution >= 0.6 is 11.3 Å². The summed E-state index contributed by atoms with van der Waals surface area (Å²) in [6.45, 7) is 3.41. The normalized spacial score (nSPS) is 11.3. The summed E-state index contributed by atoms with van der Waals surface area (Å²) in [7, 11) is 0. The summed E-state index contributed by atoms with van der Waals surface area (Å²) in [5, 5.41) is 14.6. The van der Waals surface area contributed by atoms with Crippen LogP contribution < -0.4 is 5.32 Å². The second-order valence-electron chi connectivity index (χ2n) is 7.26. The molecular formula is C23H21N5O3S. The van der Waals surface area contributed by atoms with Gasteiger partial charge in [-0.25, -0.2) is 4.98 Å². The summed E-state index contributed by atoms with van der Waals surface area (Å²) >= 11 is 1.47. The molecule has 1 amide bonds. The highest BCUT2D eigenvalue weighted by Crippen LogP contribution is 2.30. The second kappa shape index (κ2) is 8.80. The van der Waals surface area contributed by atoms with E-state index in [1.54, 1.807) is 23.8 Å². The van der Waals surface area contributed by atoms with E-state index >= 15 is 0 Å². The average molecular weight is 448 g/mol. The van der Waals surface area contributed by atoms with Gasteiger partial charge in [0.05, 0.1) is 12.0 Å². The molecule has 32 heavy (non-hydrogen) atoms. The molecule has 0 aliphatic carbocycles. The molecule has 5 aromatic rings. The first-order chi connectivity index (χ1) is 15.7. The number of rotatable bonds is 8. The lowest BCUT2D eigenvalue weighted by Gasteiger charge is -2.07. The van der Waals surface area contributed by atoms with E-state index in [1.165, 1.54) is 22.2 Å². The lowest BCUT2D eigenvalue weighted by molar-refractivity contribution is 0.0949. The minimum absolute atomic E-state index is 0.226. The number of aryl methyl sites for hydroxylation is 1. The summed E-state index contributed by atoms with van der Waals surface area (Å²) in [5.74, 6) is 1.04. The number of furan rings is 1. The molecule has 0 fully saturated rings. The molecule has 0 atom stereocenters. The number of nitrogens with zero attached hydrogens (tertiary/aromatic N) is 4. The molecule has 1 N–H and O–H groups in total. The molecule has 4 heterocycles. The molecule has 0 radical (unpaired) electrons. The van der Waals surface area contributed by atoms with Crippen molar-refractivity contribution < 1.29 is 13.6 Å². The highest BCUT2D eigenvalue weighted by molar-refractivity contribution is 7.13. The van der Waals surface area contributed by atoms with Crippen LogP contribution in [0.5, 0.6) is 0 Å². The fourth-order valence-corrected chi connectivity index (χ4v) is 4.40. The summed E-state index contributed by atoms with van der Waals surface area (Å²) < 4.78 is 13.1. The molecular weight excluding hydrogens is 426 g/mol. The lowest BCUT2D eigenvalue weighted by atomic mass is 10.2. The van der Waals surface area contributed by atoms with E-state index in [-0.39, 0.29) is 5.91 Å². The van der Waals surface area contributed by atoms with E-state index in [2.05, 4.69) is 50.2 Å². The number of amides is 1. The number of carbonyl (C=O) groups is 1. The number of benzene rings is 1. The molecule has 0 aliphatic rings. The van der Waals surface area contributed by atoms with E-state index in [0.29, 0.717) is 36.2 Å². The van der Waals surface area contributed by atoms with Crippen LogP contribution in [-0.4, -0.2) is 32.2 Å². The standard InChI is InChI=1S/C23H21N5O3S/c1-2-11-28-17-7-4-3-6-15(17)13-18(28)23-25-16(14-32-23)21(29)24-10-9-20-26-27-22(31-20)19-8-5-12-30-19/h3-8,12-14H,2,9-11H2,1H3,(H,24,29). The van der Waals surface area contributed by atoms with Gasteiger partial charge in [0.15, 0.2) is 5.76 Å². The molecule has 0 aliphatic heterocycles. The first-order valence-corrected chi connectivity index (χ1v) is 11.3. The van der Waals surface area contributed by atoms with Crippen molar-refractivity contribution in [2.45, 2.75) is 26.3 Å². The molecule has 8 nitrogen and oxygen atoms in total. The number of carbonyl (C=O) groups excluding carboxylic acids is 1. The summed E-state index contributed by atoms with van der Waals surface area (Å²) in [4.78, 5) is 17.2. The first kappa shape index (κ1) is 20.2. The number of hydrogen-bond donors (Lipinski definition) is 1. The van der Waals surface area contributed by atoms with Gasteiger partial charge in [-0.2, -0.15) is 0 Å². The molecule has 1 aromatic carbocycles. The van der Waals surface area contributed by atoms with Crippen LogP contribution in [0.3, 0.4) is 0 Å². The number of para-hydroxylation sites is 1. The van der Waals surface area contributed by atoms with Crippen molar-refractivity contribution in [3.05, 3.63) is 65.7 Å². The van der Waals surface area contributed by atoms with E-state index in [1.807, 2.05) is 12.1 Å². The quantitative estimate of drug-likeness (QED) is 0.367. The van der Waals surface area contributed by atoms with Gasteiger partial charge < -0.3 is 18.7 Å². The van der Waals surface area contributed by atoms with Crippen molar-refractivity contribution in [1.29, 1.82) is 0 Å². The van der Waals surface area contributed by atoms with Crippen LogP contribution in [0.25, 0.3) is 33.3 Å². The van der Waals surface area contributed by atoms with Crippen LogP contribution in [-0.2, 0) is 13.0 Å². The highest BCUT2D eigenvalue weighted by atomic mass is 32.1. The minimum Gasteiger partial charge on any atom is -0.459 e. The van der Waals surface area contributed by atoms with Crippen molar-refractivity contribution >= 4 is 28.1 Å². The molecule has 162 valence electrons. The van der Waals surface area contributed by atoms with Gasteiger partial charge >= 0.3 is 0 Å². The summed E-state index contributed by atoms with van der Waals surface area (Å²) in [5.41, 5.74) is 2.62. The third-order valence-corrected chi connectivity index (χ3v) is 5.90. The predicted octanol–water partition coefficient (Wildman–Crippen LogP) is 4.79. The highest BCUT2D eigenvalue weighted by Gasteiger charge is 2.17. The van der Waals surface area contributed by atoms with Gasteiger partial charge in [0.2, 0.25) is 5.89 Å². The predicted molar refractivity (Wildman–Crippen MR) is 121 cm³/mol.